The zero-order valence-corrected chi connectivity index (χ0v) is 14.3. The number of ether oxygens (including phenoxy) is 1. The fourth-order valence-electron chi connectivity index (χ4n) is 1.94. The van der Waals surface area contributed by atoms with Crippen molar-refractivity contribution in [3.8, 4) is 5.88 Å². The Morgan fingerprint density at radius 1 is 1.60 bits per heavy atom. The number of aliphatic carboxylic acids is 1. The number of aliphatic imine (C=N–C) groups is 1. The number of hydrogen-bond donors (Lipinski definition) is 1. The number of carboxylic acids is 1. The van der Waals surface area contributed by atoms with Crippen molar-refractivity contribution < 1.29 is 27.8 Å². The van der Waals surface area contributed by atoms with Gasteiger partial charge in [0.05, 0.1) is 0 Å². The summed E-state index contributed by atoms with van der Waals surface area (Å²) in [6.45, 7) is 2.53. The Morgan fingerprint density at radius 2 is 2.24 bits per heavy atom. The number of alkyl halides is 3. The summed E-state index contributed by atoms with van der Waals surface area (Å²) in [7, 11) is 0. The van der Waals surface area contributed by atoms with Crippen molar-refractivity contribution in [3.05, 3.63) is 18.3 Å². The highest BCUT2D eigenvalue weighted by molar-refractivity contribution is 6.67. The molecular formula is C15H17ClF3N3O3. The lowest BCUT2D eigenvalue weighted by atomic mass is 10.1. The lowest BCUT2D eigenvalue weighted by Crippen LogP contribution is -2.30. The van der Waals surface area contributed by atoms with Gasteiger partial charge in [0.2, 0.25) is 5.88 Å². The Balaban J connectivity index is 2.07. The Hall–Kier alpha value is -2.03. The van der Waals surface area contributed by atoms with Gasteiger partial charge in [0.25, 0.3) is 0 Å². The van der Waals surface area contributed by atoms with Crippen molar-refractivity contribution in [1.29, 1.82) is 0 Å². The summed E-state index contributed by atoms with van der Waals surface area (Å²) in [5.74, 6) is -1.88. The normalized spacial score (nSPS) is 18.8. The van der Waals surface area contributed by atoms with E-state index >= 15 is 0 Å². The third kappa shape index (κ3) is 4.33. The smallest absolute Gasteiger partial charge is 0.397 e. The highest BCUT2D eigenvalue weighted by atomic mass is 35.5. The standard InChI is InChI=1S/C15H17ClF3N3O3/c1-3-10(20-12(16)9(2)13(23)24)22-7-4-11(21-22)25-8-14(5-6-14)15(17,18)19/h3-4,7,9H,5-6,8H2,1-2H3,(H,23,24)/b10-3+,20-12+. The average molecular weight is 380 g/mol. The van der Waals surface area contributed by atoms with Crippen LogP contribution in [0.4, 0.5) is 13.2 Å². The number of aromatic nitrogens is 2. The summed E-state index contributed by atoms with van der Waals surface area (Å²) in [6.07, 6.45) is -1.23. The van der Waals surface area contributed by atoms with E-state index in [2.05, 4.69) is 10.1 Å². The summed E-state index contributed by atoms with van der Waals surface area (Å²) in [5.41, 5.74) is -1.78. The molecule has 0 radical (unpaired) electrons. The van der Waals surface area contributed by atoms with Crippen LogP contribution in [0.15, 0.2) is 23.3 Å². The van der Waals surface area contributed by atoms with Crippen LogP contribution in [-0.4, -0.2) is 38.8 Å². The van der Waals surface area contributed by atoms with Gasteiger partial charge in [0.15, 0.2) is 5.82 Å². The first-order valence-electron chi connectivity index (χ1n) is 7.48. The first kappa shape index (κ1) is 19.3. The minimum absolute atomic E-state index is 0.0208. The molecule has 1 aliphatic carbocycles. The van der Waals surface area contributed by atoms with Crippen LogP contribution in [0.1, 0.15) is 26.7 Å². The molecule has 138 valence electrons. The van der Waals surface area contributed by atoms with Crippen molar-refractivity contribution in [3.63, 3.8) is 0 Å². The van der Waals surface area contributed by atoms with E-state index in [1.165, 1.54) is 29.9 Å². The van der Waals surface area contributed by atoms with Crippen molar-refractivity contribution >= 4 is 28.6 Å². The molecule has 1 heterocycles. The van der Waals surface area contributed by atoms with Crippen LogP contribution >= 0.6 is 11.6 Å². The number of rotatable bonds is 7. The Labute approximate surface area is 146 Å². The topological polar surface area (TPSA) is 76.7 Å². The predicted octanol–water partition coefficient (Wildman–Crippen LogP) is 3.78. The molecule has 1 atom stereocenters. The molecule has 1 aromatic heterocycles. The van der Waals surface area contributed by atoms with Gasteiger partial charge in [-0.3, -0.25) is 4.79 Å². The third-order valence-electron chi connectivity index (χ3n) is 3.96. The quantitative estimate of drug-likeness (QED) is 0.731. The molecule has 1 aromatic rings. The summed E-state index contributed by atoms with van der Waals surface area (Å²) < 4.78 is 45.0. The van der Waals surface area contributed by atoms with Crippen LogP contribution in [0.2, 0.25) is 0 Å². The molecule has 0 aromatic carbocycles. The van der Waals surface area contributed by atoms with Gasteiger partial charge < -0.3 is 9.84 Å². The summed E-state index contributed by atoms with van der Waals surface area (Å²) in [4.78, 5) is 14.9. The highest BCUT2D eigenvalue weighted by Crippen LogP contribution is 2.57. The second kappa shape index (κ2) is 7.07. The Bertz CT molecular complexity index is 708. The molecule has 0 aliphatic heterocycles. The third-order valence-corrected chi connectivity index (χ3v) is 4.37. The second-order valence-corrected chi connectivity index (χ2v) is 6.19. The second-order valence-electron chi connectivity index (χ2n) is 5.81. The maximum Gasteiger partial charge on any atom is 0.397 e. The maximum atomic E-state index is 12.9. The Morgan fingerprint density at radius 3 is 2.72 bits per heavy atom. The van der Waals surface area contributed by atoms with Gasteiger partial charge in [-0.1, -0.05) is 11.6 Å². The molecule has 0 bridgehead atoms. The first-order valence-corrected chi connectivity index (χ1v) is 7.86. The molecule has 0 amide bonds. The molecule has 0 spiro atoms. The highest BCUT2D eigenvalue weighted by Gasteiger charge is 2.63. The van der Waals surface area contributed by atoms with Crippen molar-refractivity contribution in [2.75, 3.05) is 6.61 Å². The molecule has 25 heavy (non-hydrogen) atoms. The number of allylic oxidation sites excluding steroid dienone is 1. The molecule has 1 aliphatic rings. The van der Waals surface area contributed by atoms with Gasteiger partial charge in [-0.2, -0.15) is 13.2 Å². The van der Waals surface area contributed by atoms with E-state index in [0.717, 1.165) is 0 Å². The van der Waals surface area contributed by atoms with Crippen molar-refractivity contribution in [2.45, 2.75) is 32.9 Å². The van der Waals surface area contributed by atoms with Gasteiger partial charge in [-0.15, -0.1) is 5.10 Å². The number of nitrogens with zero attached hydrogens (tertiary/aromatic N) is 3. The SMILES string of the molecule is C/C=C(\N=C(\Cl)C(C)C(=O)O)n1ccc(OCC2(C(F)(F)F)CC2)n1. The van der Waals surface area contributed by atoms with Gasteiger partial charge in [-0.25, -0.2) is 9.67 Å². The fourth-order valence-corrected chi connectivity index (χ4v) is 2.12. The minimum Gasteiger partial charge on any atom is -0.481 e. The predicted molar refractivity (Wildman–Crippen MR) is 85.5 cm³/mol. The summed E-state index contributed by atoms with van der Waals surface area (Å²) in [5, 5.41) is 12.8. The van der Waals surface area contributed by atoms with Crippen molar-refractivity contribution in [2.24, 2.45) is 16.3 Å². The summed E-state index contributed by atoms with van der Waals surface area (Å²) in [6, 6.07) is 1.40. The molecule has 1 fully saturated rings. The van der Waals surface area contributed by atoms with Gasteiger partial charge in [-0.05, 0) is 32.8 Å². The largest absolute Gasteiger partial charge is 0.481 e. The van der Waals surface area contributed by atoms with E-state index in [-0.39, 0.29) is 29.7 Å². The van der Waals surface area contributed by atoms with Crippen LogP contribution < -0.4 is 4.74 Å². The van der Waals surface area contributed by atoms with E-state index in [4.69, 9.17) is 21.4 Å². The number of hydrogen-bond acceptors (Lipinski definition) is 4. The van der Waals surface area contributed by atoms with Crippen LogP contribution in [0.3, 0.4) is 0 Å². The van der Waals surface area contributed by atoms with Crippen LogP contribution in [0, 0.1) is 11.3 Å². The van der Waals surface area contributed by atoms with Crippen molar-refractivity contribution in [1.82, 2.24) is 9.78 Å². The molecule has 1 unspecified atom stereocenters. The average Bonchev–Trinajstić information content (AvgIpc) is 3.21. The van der Waals surface area contributed by atoms with E-state index < -0.39 is 30.1 Å². The van der Waals surface area contributed by atoms with Gasteiger partial charge >= 0.3 is 12.1 Å². The van der Waals surface area contributed by atoms with E-state index in [9.17, 15) is 18.0 Å². The molecule has 1 N–H and O–H groups in total. The zero-order chi connectivity index (χ0) is 18.8. The maximum absolute atomic E-state index is 12.9. The number of carbonyl (C=O) groups is 1. The van der Waals surface area contributed by atoms with E-state index in [1.807, 2.05) is 0 Å². The molecule has 10 heteroatoms. The van der Waals surface area contributed by atoms with E-state index in [0.29, 0.717) is 0 Å². The number of halogens is 4. The lowest BCUT2D eigenvalue weighted by molar-refractivity contribution is -0.194. The molecule has 6 nitrogen and oxygen atoms in total. The Kier molecular flexibility index (Phi) is 5.46. The molecule has 1 saturated carbocycles. The molecule has 0 saturated heterocycles. The molecular weight excluding hydrogens is 363 g/mol. The van der Waals surface area contributed by atoms with Crippen LogP contribution in [-0.2, 0) is 4.79 Å². The van der Waals surface area contributed by atoms with Gasteiger partial charge in [0.1, 0.15) is 23.1 Å². The summed E-state index contributed by atoms with van der Waals surface area (Å²) >= 11 is 5.87. The van der Waals surface area contributed by atoms with E-state index in [1.54, 1.807) is 6.92 Å². The van der Waals surface area contributed by atoms with Gasteiger partial charge in [0, 0.05) is 12.3 Å². The minimum atomic E-state index is -4.30. The monoisotopic (exact) mass is 379 g/mol. The lowest BCUT2D eigenvalue weighted by Gasteiger charge is -2.18. The first-order chi connectivity index (χ1) is 11.6. The molecule has 2 rings (SSSR count). The number of carboxylic acid groups (broad SMARTS) is 1. The zero-order valence-electron chi connectivity index (χ0n) is 13.5. The van der Waals surface area contributed by atoms with Crippen LogP contribution in [0.25, 0.3) is 5.82 Å². The fraction of sp³-hybridized carbons (Fsp3) is 0.533. The van der Waals surface area contributed by atoms with Crippen LogP contribution in [0.5, 0.6) is 5.88 Å².